The van der Waals surface area contributed by atoms with Gasteiger partial charge in [0.15, 0.2) is 0 Å². The molecule has 1 heterocycles. The summed E-state index contributed by atoms with van der Waals surface area (Å²) in [7, 11) is 0. The molecule has 1 saturated heterocycles. The van der Waals surface area contributed by atoms with Gasteiger partial charge in [0.1, 0.15) is 5.69 Å². The molecule has 1 aliphatic rings. The maximum absolute atomic E-state index is 12.2. The largest absolute Gasteiger partial charge is 0.367 e. The smallest absolute Gasteiger partial charge is 0.330 e. The summed E-state index contributed by atoms with van der Waals surface area (Å²) in [6.45, 7) is 10.1. The van der Waals surface area contributed by atoms with Crippen LogP contribution in [-0.2, 0) is 9.63 Å². The first-order chi connectivity index (χ1) is 15.1. The average molecular weight is 461 g/mol. The van der Waals surface area contributed by atoms with E-state index < -0.39 is 5.41 Å². The Hall–Kier alpha value is -2.84. The number of carbonyl (C=O) groups excluding carboxylic acids is 1. The highest BCUT2D eigenvalue weighted by Gasteiger charge is 2.30. The molecule has 0 amide bonds. The van der Waals surface area contributed by atoms with Crippen LogP contribution in [0.1, 0.15) is 27.7 Å². The van der Waals surface area contributed by atoms with Crippen molar-refractivity contribution >= 4 is 40.3 Å². The van der Waals surface area contributed by atoms with Crippen molar-refractivity contribution in [3.63, 3.8) is 0 Å². The minimum Gasteiger partial charge on any atom is -0.367 e. The molecule has 0 saturated carbocycles. The Balaban J connectivity index is 1.83. The number of piperazine rings is 1. The highest BCUT2D eigenvalue weighted by molar-refractivity contribution is 6.30. The predicted octanol–water partition coefficient (Wildman–Crippen LogP) is 5.03. The van der Waals surface area contributed by atoms with E-state index in [0.717, 1.165) is 11.4 Å². The van der Waals surface area contributed by atoms with Crippen LogP contribution >= 0.6 is 11.6 Å². The van der Waals surface area contributed by atoms with Crippen LogP contribution in [0.25, 0.3) is 0 Å². The second kappa shape index (κ2) is 9.75. The van der Waals surface area contributed by atoms with Crippen LogP contribution in [0, 0.1) is 15.5 Å². The zero-order valence-electron chi connectivity index (χ0n) is 18.9. The molecule has 2 aromatic carbocycles. The molecule has 1 aliphatic heterocycles. The monoisotopic (exact) mass is 460 g/mol. The quantitative estimate of drug-likeness (QED) is 0.441. The lowest BCUT2D eigenvalue weighted by atomic mass is 9.98. The molecule has 0 aliphatic carbocycles. The summed E-state index contributed by atoms with van der Waals surface area (Å²) in [5.41, 5.74) is 1.77. The molecule has 2 aromatic rings. The van der Waals surface area contributed by atoms with Gasteiger partial charge in [0, 0.05) is 42.1 Å². The van der Waals surface area contributed by atoms with E-state index in [0.29, 0.717) is 43.4 Å². The van der Waals surface area contributed by atoms with Gasteiger partial charge in [-0.05, 0) is 58.0 Å². The van der Waals surface area contributed by atoms with Crippen LogP contribution in [0.3, 0.4) is 0 Å². The number of nitro groups is 1. The van der Waals surface area contributed by atoms with E-state index in [4.69, 9.17) is 16.4 Å². The van der Waals surface area contributed by atoms with Crippen molar-refractivity contribution in [3.8, 4) is 0 Å². The fourth-order valence-corrected chi connectivity index (χ4v) is 3.70. The lowest BCUT2D eigenvalue weighted by molar-refractivity contribution is -0.384. The van der Waals surface area contributed by atoms with E-state index in [1.807, 2.05) is 42.2 Å². The summed E-state index contributed by atoms with van der Waals surface area (Å²) in [6, 6.07) is 12.7. The van der Waals surface area contributed by atoms with Crippen molar-refractivity contribution < 1.29 is 14.6 Å². The van der Waals surface area contributed by atoms with Crippen LogP contribution in [0.2, 0.25) is 5.02 Å². The standard InChI is InChI=1S/C23H29ClN4O4/c1-5-27(18-8-6-7-17(24)15-18)19-9-10-20(28(30)31)21(16-19)25-11-13-26(14-12-25)32-22(29)23(2,3)4/h6-10,15-16H,5,11-14H2,1-4H3. The molecule has 0 aromatic heterocycles. The summed E-state index contributed by atoms with van der Waals surface area (Å²) in [6.07, 6.45) is 0. The molecule has 0 spiro atoms. The Morgan fingerprint density at radius 2 is 1.78 bits per heavy atom. The average Bonchev–Trinajstić information content (AvgIpc) is 2.74. The van der Waals surface area contributed by atoms with Crippen molar-refractivity contribution in [3.05, 3.63) is 57.6 Å². The SMILES string of the molecule is CCN(c1cccc(Cl)c1)c1ccc([N+](=O)[O-])c(N2CCN(OC(=O)C(C)(C)C)CC2)c1. The second-order valence-corrected chi connectivity index (χ2v) is 9.14. The van der Waals surface area contributed by atoms with Gasteiger partial charge in [0.25, 0.3) is 5.69 Å². The van der Waals surface area contributed by atoms with Gasteiger partial charge in [-0.3, -0.25) is 10.1 Å². The normalized spacial score (nSPS) is 14.8. The minimum absolute atomic E-state index is 0.0519. The van der Waals surface area contributed by atoms with Crippen LogP contribution in [0.4, 0.5) is 22.7 Å². The molecule has 0 N–H and O–H groups in total. The van der Waals surface area contributed by atoms with Crippen molar-refractivity contribution in [1.29, 1.82) is 0 Å². The highest BCUT2D eigenvalue weighted by Crippen LogP contribution is 2.36. The molecular weight excluding hydrogens is 432 g/mol. The van der Waals surface area contributed by atoms with Crippen molar-refractivity contribution in [2.45, 2.75) is 27.7 Å². The van der Waals surface area contributed by atoms with E-state index in [1.54, 1.807) is 38.0 Å². The maximum atomic E-state index is 12.2. The molecule has 0 bridgehead atoms. The first-order valence-corrected chi connectivity index (χ1v) is 11.0. The molecule has 172 valence electrons. The number of anilines is 3. The maximum Gasteiger partial charge on any atom is 0.330 e. The zero-order chi connectivity index (χ0) is 23.5. The van der Waals surface area contributed by atoms with Crippen LogP contribution in [0.5, 0.6) is 0 Å². The van der Waals surface area contributed by atoms with Crippen molar-refractivity contribution in [1.82, 2.24) is 5.06 Å². The lowest BCUT2D eigenvalue weighted by Gasteiger charge is -2.36. The molecule has 0 radical (unpaired) electrons. The Labute approximate surface area is 193 Å². The van der Waals surface area contributed by atoms with Gasteiger partial charge in [0.2, 0.25) is 0 Å². The number of nitro benzene ring substituents is 1. The van der Waals surface area contributed by atoms with Gasteiger partial charge >= 0.3 is 5.97 Å². The summed E-state index contributed by atoms with van der Waals surface area (Å²) in [5, 5.41) is 14.0. The van der Waals surface area contributed by atoms with Crippen LogP contribution in [-0.4, -0.2) is 48.7 Å². The van der Waals surface area contributed by atoms with E-state index >= 15 is 0 Å². The summed E-state index contributed by atoms with van der Waals surface area (Å²) >= 11 is 6.17. The Morgan fingerprint density at radius 1 is 1.12 bits per heavy atom. The Morgan fingerprint density at radius 3 is 2.34 bits per heavy atom. The number of benzene rings is 2. The number of carbonyl (C=O) groups is 1. The van der Waals surface area contributed by atoms with Gasteiger partial charge in [-0.15, -0.1) is 5.06 Å². The third-order valence-electron chi connectivity index (χ3n) is 5.31. The van der Waals surface area contributed by atoms with E-state index in [9.17, 15) is 14.9 Å². The fourth-order valence-electron chi connectivity index (χ4n) is 3.52. The molecule has 9 heteroatoms. The number of hydroxylamine groups is 2. The Bertz CT molecular complexity index is 984. The number of nitrogens with zero attached hydrogens (tertiary/aromatic N) is 4. The highest BCUT2D eigenvalue weighted by atomic mass is 35.5. The fraction of sp³-hybridized carbons (Fsp3) is 0.435. The van der Waals surface area contributed by atoms with E-state index in [1.165, 1.54) is 0 Å². The number of rotatable bonds is 6. The third-order valence-corrected chi connectivity index (χ3v) is 5.54. The molecule has 8 nitrogen and oxygen atoms in total. The van der Waals surface area contributed by atoms with E-state index in [2.05, 4.69) is 4.90 Å². The molecule has 0 unspecified atom stereocenters. The third kappa shape index (κ3) is 5.49. The van der Waals surface area contributed by atoms with Gasteiger partial charge in [-0.2, -0.15) is 0 Å². The first-order valence-electron chi connectivity index (χ1n) is 10.6. The van der Waals surface area contributed by atoms with Crippen molar-refractivity contribution in [2.75, 3.05) is 42.5 Å². The van der Waals surface area contributed by atoms with Crippen LogP contribution in [0.15, 0.2) is 42.5 Å². The summed E-state index contributed by atoms with van der Waals surface area (Å²) in [5.74, 6) is -0.293. The number of hydrogen-bond acceptors (Lipinski definition) is 7. The minimum atomic E-state index is -0.589. The molecule has 32 heavy (non-hydrogen) atoms. The Kier molecular flexibility index (Phi) is 7.26. The second-order valence-electron chi connectivity index (χ2n) is 8.70. The topological polar surface area (TPSA) is 79.2 Å². The number of hydrogen-bond donors (Lipinski definition) is 0. The lowest BCUT2D eigenvalue weighted by Crippen LogP contribution is -2.48. The van der Waals surface area contributed by atoms with Gasteiger partial charge in [-0.1, -0.05) is 17.7 Å². The predicted molar refractivity (Wildman–Crippen MR) is 127 cm³/mol. The summed E-state index contributed by atoms with van der Waals surface area (Å²) < 4.78 is 0. The van der Waals surface area contributed by atoms with Gasteiger partial charge < -0.3 is 14.6 Å². The van der Waals surface area contributed by atoms with Gasteiger partial charge in [0.05, 0.1) is 23.4 Å². The molecular formula is C23H29ClN4O4. The molecule has 3 rings (SSSR count). The number of halogens is 1. The molecule has 1 fully saturated rings. The summed E-state index contributed by atoms with van der Waals surface area (Å²) in [4.78, 5) is 33.0. The van der Waals surface area contributed by atoms with Crippen molar-refractivity contribution in [2.24, 2.45) is 5.41 Å². The molecule has 0 atom stereocenters. The van der Waals surface area contributed by atoms with Gasteiger partial charge in [-0.25, -0.2) is 4.79 Å². The van der Waals surface area contributed by atoms with E-state index in [-0.39, 0.29) is 16.6 Å². The zero-order valence-corrected chi connectivity index (χ0v) is 19.6. The van der Waals surface area contributed by atoms with Crippen LogP contribution < -0.4 is 9.80 Å². The first kappa shape index (κ1) is 23.8.